The van der Waals surface area contributed by atoms with Crippen LogP contribution in [0.4, 0.5) is 5.69 Å². The third-order valence-electron chi connectivity index (χ3n) is 5.36. The number of benzene rings is 1. The fourth-order valence-corrected chi connectivity index (χ4v) is 5.81. The molecule has 0 radical (unpaired) electrons. The molecule has 0 unspecified atom stereocenters. The molecule has 1 aromatic heterocycles. The largest absolute Gasteiger partial charge is 0.298 e. The first kappa shape index (κ1) is 16.1. The highest BCUT2D eigenvalue weighted by molar-refractivity contribution is 7.92. The highest BCUT2D eigenvalue weighted by Crippen LogP contribution is 2.47. The van der Waals surface area contributed by atoms with Gasteiger partial charge in [-0.25, -0.2) is 8.42 Å². The maximum Gasteiger partial charge on any atom is 0.232 e. The first-order valence-electron chi connectivity index (χ1n) is 8.30. The quantitative estimate of drug-likeness (QED) is 0.843. The van der Waals surface area contributed by atoms with Gasteiger partial charge in [-0.1, -0.05) is 24.3 Å². The van der Waals surface area contributed by atoms with Crippen molar-refractivity contribution in [3.63, 3.8) is 0 Å². The number of thiophene rings is 1. The van der Waals surface area contributed by atoms with Gasteiger partial charge in [-0.2, -0.15) is 0 Å². The molecule has 0 N–H and O–H groups in total. The second-order valence-corrected chi connectivity index (χ2v) is 9.86. The van der Waals surface area contributed by atoms with Crippen molar-refractivity contribution in [2.45, 2.75) is 24.8 Å². The van der Waals surface area contributed by atoms with E-state index in [1.165, 1.54) is 16.7 Å². The lowest BCUT2D eigenvalue weighted by Gasteiger charge is -2.39. The third kappa shape index (κ3) is 2.76. The summed E-state index contributed by atoms with van der Waals surface area (Å²) >= 11 is 1.80. The fourth-order valence-electron chi connectivity index (χ4n) is 4.07. The topological polar surface area (TPSA) is 40.6 Å². The van der Waals surface area contributed by atoms with E-state index in [0.29, 0.717) is 6.54 Å². The van der Waals surface area contributed by atoms with Crippen LogP contribution in [0, 0.1) is 0 Å². The van der Waals surface area contributed by atoms with Gasteiger partial charge >= 0.3 is 0 Å². The van der Waals surface area contributed by atoms with Crippen LogP contribution in [0.15, 0.2) is 41.8 Å². The summed E-state index contributed by atoms with van der Waals surface area (Å²) in [6.45, 7) is 3.64. The van der Waals surface area contributed by atoms with Crippen molar-refractivity contribution >= 4 is 27.0 Å². The molecule has 1 aromatic carbocycles. The predicted molar refractivity (Wildman–Crippen MR) is 99.1 cm³/mol. The number of piperidine rings is 1. The van der Waals surface area contributed by atoms with Gasteiger partial charge in [0.05, 0.1) is 11.9 Å². The summed E-state index contributed by atoms with van der Waals surface area (Å²) in [6.07, 6.45) is 3.34. The maximum atomic E-state index is 12.2. The summed E-state index contributed by atoms with van der Waals surface area (Å²) in [4.78, 5) is 3.89. The normalized spacial score (nSPS) is 20.5. The number of rotatable bonds is 3. The van der Waals surface area contributed by atoms with E-state index in [9.17, 15) is 8.42 Å². The molecule has 2 aliphatic rings. The fraction of sp³-hybridized carbons (Fsp3) is 0.444. The van der Waals surface area contributed by atoms with Gasteiger partial charge in [-0.3, -0.25) is 9.21 Å². The van der Waals surface area contributed by atoms with Gasteiger partial charge in [0.2, 0.25) is 10.0 Å². The van der Waals surface area contributed by atoms with E-state index in [1.807, 2.05) is 18.2 Å². The second kappa shape index (κ2) is 5.86. The number of hydrogen-bond acceptors (Lipinski definition) is 4. The van der Waals surface area contributed by atoms with Crippen LogP contribution in [-0.4, -0.2) is 39.2 Å². The van der Waals surface area contributed by atoms with Gasteiger partial charge in [0.25, 0.3) is 0 Å². The lowest BCUT2D eigenvalue weighted by molar-refractivity contribution is 0.162. The number of para-hydroxylation sites is 1. The van der Waals surface area contributed by atoms with Crippen molar-refractivity contribution in [2.75, 3.05) is 30.2 Å². The zero-order valence-corrected chi connectivity index (χ0v) is 15.4. The van der Waals surface area contributed by atoms with Gasteiger partial charge in [0.15, 0.2) is 0 Å². The molecule has 0 amide bonds. The molecule has 0 bridgehead atoms. The van der Waals surface area contributed by atoms with E-state index >= 15 is 0 Å². The molecule has 2 aliphatic heterocycles. The Kier molecular flexibility index (Phi) is 3.94. The highest BCUT2D eigenvalue weighted by atomic mass is 32.2. The Bertz CT molecular complexity index is 822. The first-order valence-corrected chi connectivity index (χ1v) is 11.0. The molecule has 1 saturated heterocycles. The molecule has 4 rings (SSSR count). The predicted octanol–water partition coefficient (Wildman–Crippen LogP) is 3.06. The third-order valence-corrected chi connectivity index (χ3v) is 7.35. The smallest absolute Gasteiger partial charge is 0.232 e. The summed E-state index contributed by atoms with van der Waals surface area (Å²) < 4.78 is 26.0. The van der Waals surface area contributed by atoms with Crippen LogP contribution in [0.25, 0.3) is 0 Å². The van der Waals surface area contributed by atoms with Crippen molar-refractivity contribution in [3.8, 4) is 0 Å². The van der Waals surface area contributed by atoms with Crippen LogP contribution >= 0.6 is 11.3 Å². The van der Waals surface area contributed by atoms with E-state index in [-0.39, 0.29) is 5.41 Å². The minimum atomic E-state index is -3.22. The molecule has 6 heteroatoms. The van der Waals surface area contributed by atoms with Crippen LogP contribution in [0.5, 0.6) is 0 Å². The highest BCUT2D eigenvalue weighted by Gasteiger charge is 2.46. The second-order valence-electron chi connectivity index (χ2n) is 6.92. The molecule has 24 heavy (non-hydrogen) atoms. The SMILES string of the molecule is CS(=O)(=O)N1CC2(CCN(Cc3cccs3)CC2)c2ccccc21. The van der Waals surface area contributed by atoms with Crippen LogP contribution in [0.2, 0.25) is 0 Å². The summed E-state index contributed by atoms with van der Waals surface area (Å²) in [6, 6.07) is 12.3. The summed E-state index contributed by atoms with van der Waals surface area (Å²) in [5, 5.41) is 2.12. The van der Waals surface area contributed by atoms with Crippen LogP contribution in [-0.2, 0) is 22.0 Å². The maximum absolute atomic E-state index is 12.2. The summed E-state index contributed by atoms with van der Waals surface area (Å²) in [5.41, 5.74) is 2.07. The first-order chi connectivity index (χ1) is 11.5. The molecule has 0 saturated carbocycles. The number of sulfonamides is 1. The van der Waals surface area contributed by atoms with Crippen molar-refractivity contribution < 1.29 is 8.42 Å². The Morgan fingerprint density at radius 2 is 1.88 bits per heavy atom. The van der Waals surface area contributed by atoms with Gasteiger partial charge in [0.1, 0.15) is 0 Å². The molecular weight excluding hydrogens is 340 g/mol. The van der Waals surface area contributed by atoms with Crippen molar-refractivity contribution in [1.29, 1.82) is 0 Å². The van der Waals surface area contributed by atoms with Gasteiger partial charge < -0.3 is 0 Å². The molecule has 2 aromatic rings. The molecule has 1 fully saturated rings. The molecule has 0 aliphatic carbocycles. The molecule has 1 spiro atoms. The minimum Gasteiger partial charge on any atom is -0.298 e. The summed E-state index contributed by atoms with van der Waals surface area (Å²) in [7, 11) is -3.22. The average molecular weight is 363 g/mol. The van der Waals surface area contributed by atoms with Gasteiger partial charge in [-0.05, 0) is 49.0 Å². The summed E-state index contributed by atoms with van der Waals surface area (Å²) in [5.74, 6) is 0. The molecule has 128 valence electrons. The number of hydrogen-bond donors (Lipinski definition) is 0. The Morgan fingerprint density at radius 1 is 1.12 bits per heavy atom. The Hall–Kier alpha value is -1.37. The van der Waals surface area contributed by atoms with E-state index in [1.54, 1.807) is 15.6 Å². The van der Waals surface area contributed by atoms with Crippen molar-refractivity contribution in [3.05, 3.63) is 52.2 Å². The lowest BCUT2D eigenvalue weighted by Crippen LogP contribution is -2.45. The average Bonchev–Trinajstić information content (AvgIpc) is 3.17. The Balaban J connectivity index is 1.57. The molecular formula is C18H22N2O2S2. The van der Waals surface area contributed by atoms with Crippen molar-refractivity contribution in [1.82, 2.24) is 4.90 Å². The van der Waals surface area contributed by atoms with Gasteiger partial charge in [-0.15, -0.1) is 11.3 Å². The number of fused-ring (bicyclic) bond motifs is 2. The van der Waals surface area contributed by atoms with E-state index in [2.05, 4.69) is 28.5 Å². The monoisotopic (exact) mass is 362 g/mol. The zero-order valence-electron chi connectivity index (χ0n) is 13.8. The molecule has 4 nitrogen and oxygen atoms in total. The minimum absolute atomic E-state index is 0.0222. The Morgan fingerprint density at radius 3 is 2.54 bits per heavy atom. The standard InChI is InChI=1S/C18H22N2O2S2/c1-24(21,22)20-14-18(16-6-2-3-7-17(16)20)8-10-19(11-9-18)13-15-5-4-12-23-15/h2-7,12H,8-11,13-14H2,1H3. The van der Waals surface area contributed by atoms with E-state index in [0.717, 1.165) is 38.2 Å². The van der Waals surface area contributed by atoms with Crippen LogP contribution < -0.4 is 4.31 Å². The number of anilines is 1. The Labute approximate surface area is 147 Å². The van der Waals surface area contributed by atoms with Crippen molar-refractivity contribution in [2.24, 2.45) is 0 Å². The lowest BCUT2D eigenvalue weighted by atomic mass is 9.74. The molecule has 3 heterocycles. The van der Waals surface area contributed by atoms with E-state index < -0.39 is 10.0 Å². The van der Waals surface area contributed by atoms with Crippen LogP contribution in [0.3, 0.4) is 0 Å². The van der Waals surface area contributed by atoms with Gasteiger partial charge in [0, 0.05) is 23.4 Å². The molecule has 0 atom stereocenters. The number of likely N-dealkylation sites (tertiary alicyclic amines) is 1. The zero-order chi connectivity index (χ0) is 16.8. The number of nitrogens with zero attached hydrogens (tertiary/aromatic N) is 2. The van der Waals surface area contributed by atoms with Crippen LogP contribution in [0.1, 0.15) is 23.3 Å². The van der Waals surface area contributed by atoms with E-state index in [4.69, 9.17) is 0 Å².